The standard InChI is InChI=1S/C22H30N4O5/c1-14(20(27)26-22(2,3)4)25-21(28)24-13-15-10-11-18(23-12-15)31-19-16(29-5)8-7-9-17(19)30-6/h7-12,14H,13H2,1-6H3,(H,26,27)(H2,24,25,28). The maximum absolute atomic E-state index is 12.1. The molecule has 9 heteroatoms. The van der Waals surface area contributed by atoms with Crippen molar-refractivity contribution in [3.8, 4) is 23.1 Å². The first-order valence-electron chi connectivity index (χ1n) is 9.83. The van der Waals surface area contributed by atoms with Gasteiger partial charge in [-0.05, 0) is 45.4 Å². The molecule has 9 nitrogen and oxygen atoms in total. The molecule has 3 N–H and O–H groups in total. The van der Waals surface area contributed by atoms with Crippen LogP contribution in [-0.4, -0.2) is 42.7 Å². The van der Waals surface area contributed by atoms with Crippen LogP contribution in [-0.2, 0) is 11.3 Å². The Morgan fingerprint density at radius 2 is 1.71 bits per heavy atom. The van der Waals surface area contributed by atoms with E-state index < -0.39 is 12.1 Å². The number of benzene rings is 1. The predicted octanol–water partition coefficient (Wildman–Crippen LogP) is 2.99. The number of carbonyl (C=O) groups excluding carboxylic acids is 2. The van der Waals surface area contributed by atoms with Gasteiger partial charge in [-0.25, -0.2) is 9.78 Å². The van der Waals surface area contributed by atoms with Crippen LogP contribution in [0.1, 0.15) is 33.3 Å². The van der Waals surface area contributed by atoms with Gasteiger partial charge in [-0.15, -0.1) is 0 Å². The van der Waals surface area contributed by atoms with Gasteiger partial charge in [0.05, 0.1) is 14.2 Å². The minimum absolute atomic E-state index is 0.241. The molecule has 0 fully saturated rings. The second-order valence-corrected chi connectivity index (χ2v) is 7.89. The first-order chi connectivity index (χ1) is 14.6. The second-order valence-electron chi connectivity index (χ2n) is 7.89. The number of pyridine rings is 1. The highest BCUT2D eigenvalue weighted by atomic mass is 16.5. The monoisotopic (exact) mass is 430 g/mol. The van der Waals surface area contributed by atoms with Crippen LogP contribution in [0.3, 0.4) is 0 Å². The fourth-order valence-electron chi connectivity index (χ4n) is 2.57. The summed E-state index contributed by atoms with van der Waals surface area (Å²) in [5.41, 5.74) is 0.397. The number of methoxy groups -OCH3 is 2. The number of ether oxygens (including phenoxy) is 3. The summed E-state index contributed by atoms with van der Waals surface area (Å²) in [5, 5.41) is 8.13. The van der Waals surface area contributed by atoms with Gasteiger partial charge >= 0.3 is 6.03 Å². The Hall–Kier alpha value is -3.49. The van der Waals surface area contributed by atoms with Gasteiger partial charge in [-0.1, -0.05) is 12.1 Å². The minimum atomic E-state index is -0.663. The van der Waals surface area contributed by atoms with Crippen molar-refractivity contribution < 1.29 is 23.8 Å². The summed E-state index contributed by atoms with van der Waals surface area (Å²) in [5.74, 6) is 1.56. The summed E-state index contributed by atoms with van der Waals surface area (Å²) >= 11 is 0. The molecule has 0 spiro atoms. The Morgan fingerprint density at radius 3 is 2.23 bits per heavy atom. The molecular formula is C22H30N4O5. The van der Waals surface area contributed by atoms with Crippen LogP contribution in [0.15, 0.2) is 36.5 Å². The summed E-state index contributed by atoms with van der Waals surface area (Å²) in [6.07, 6.45) is 1.59. The van der Waals surface area contributed by atoms with Gasteiger partial charge in [0, 0.05) is 24.3 Å². The Morgan fingerprint density at radius 1 is 1.06 bits per heavy atom. The lowest BCUT2D eigenvalue weighted by Gasteiger charge is -2.23. The molecule has 2 aromatic rings. The lowest BCUT2D eigenvalue weighted by Crippen LogP contribution is -2.52. The number of nitrogens with one attached hydrogen (secondary N) is 3. The largest absolute Gasteiger partial charge is 0.493 e. The molecule has 0 saturated heterocycles. The van der Waals surface area contributed by atoms with Crippen molar-refractivity contribution in [2.24, 2.45) is 0 Å². The molecular weight excluding hydrogens is 400 g/mol. The Labute approximate surface area is 182 Å². The molecule has 0 bridgehead atoms. The number of para-hydroxylation sites is 1. The number of amides is 3. The van der Waals surface area contributed by atoms with E-state index in [2.05, 4.69) is 20.9 Å². The lowest BCUT2D eigenvalue weighted by atomic mass is 10.1. The first-order valence-corrected chi connectivity index (χ1v) is 9.83. The van der Waals surface area contributed by atoms with Crippen molar-refractivity contribution >= 4 is 11.9 Å². The van der Waals surface area contributed by atoms with Crippen LogP contribution in [0.5, 0.6) is 23.1 Å². The Kier molecular flexibility index (Phi) is 8.07. The molecule has 3 amide bonds. The number of hydrogen-bond acceptors (Lipinski definition) is 6. The van der Waals surface area contributed by atoms with Crippen molar-refractivity contribution in [1.82, 2.24) is 20.9 Å². The van der Waals surface area contributed by atoms with Gasteiger partial charge in [0.25, 0.3) is 0 Å². The van der Waals surface area contributed by atoms with Gasteiger partial charge < -0.3 is 30.2 Å². The topological polar surface area (TPSA) is 111 Å². The SMILES string of the molecule is COc1cccc(OC)c1Oc1ccc(CNC(=O)NC(C)C(=O)NC(C)(C)C)cn1. The molecule has 168 valence electrons. The third-order valence-electron chi connectivity index (χ3n) is 4.08. The van der Waals surface area contributed by atoms with Gasteiger partial charge in [0.15, 0.2) is 11.5 Å². The fourth-order valence-corrected chi connectivity index (χ4v) is 2.57. The van der Waals surface area contributed by atoms with E-state index in [0.29, 0.717) is 23.1 Å². The van der Waals surface area contributed by atoms with Crippen molar-refractivity contribution in [1.29, 1.82) is 0 Å². The Balaban J connectivity index is 1.91. The van der Waals surface area contributed by atoms with E-state index in [-0.39, 0.29) is 18.0 Å². The molecule has 0 radical (unpaired) electrons. The molecule has 0 aliphatic carbocycles. The third kappa shape index (κ3) is 7.36. The summed E-state index contributed by atoms with van der Waals surface area (Å²) in [6, 6.07) is 7.67. The highest BCUT2D eigenvalue weighted by molar-refractivity contribution is 5.87. The first kappa shape index (κ1) is 23.8. The Bertz CT molecular complexity index is 872. The van der Waals surface area contributed by atoms with Crippen LogP contribution in [0.2, 0.25) is 0 Å². The van der Waals surface area contributed by atoms with E-state index in [1.54, 1.807) is 57.7 Å². The molecule has 1 unspecified atom stereocenters. The zero-order valence-electron chi connectivity index (χ0n) is 18.7. The molecule has 2 rings (SSSR count). The second kappa shape index (κ2) is 10.5. The molecule has 0 saturated carbocycles. The van der Waals surface area contributed by atoms with Gasteiger partial charge in [-0.3, -0.25) is 4.79 Å². The lowest BCUT2D eigenvalue weighted by molar-refractivity contribution is -0.123. The van der Waals surface area contributed by atoms with Crippen LogP contribution in [0.25, 0.3) is 0 Å². The van der Waals surface area contributed by atoms with Gasteiger partial charge in [0.2, 0.25) is 17.5 Å². The number of aromatic nitrogens is 1. The summed E-state index contributed by atoms with van der Waals surface area (Å²) < 4.78 is 16.4. The van der Waals surface area contributed by atoms with Crippen molar-refractivity contribution in [3.63, 3.8) is 0 Å². The van der Waals surface area contributed by atoms with Crippen LogP contribution in [0, 0.1) is 0 Å². The number of urea groups is 1. The molecule has 0 aliphatic heterocycles. The summed E-state index contributed by atoms with van der Waals surface area (Å²) in [6.45, 7) is 7.50. The van der Waals surface area contributed by atoms with Crippen molar-refractivity contribution in [3.05, 3.63) is 42.1 Å². The smallest absolute Gasteiger partial charge is 0.315 e. The minimum Gasteiger partial charge on any atom is -0.493 e. The molecule has 0 aliphatic rings. The zero-order chi connectivity index (χ0) is 23.0. The highest BCUT2D eigenvalue weighted by Gasteiger charge is 2.20. The van der Waals surface area contributed by atoms with E-state index in [9.17, 15) is 9.59 Å². The molecule has 1 atom stereocenters. The predicted molar refractivity (Wildman–Crippen MR) is 117 cm³/mol. The van der Waals surface area contributed by atoms with E-state index in [0.717, 1.165) is 5.56 Å². The van der Waals surface area contributed by atoms with Crippen LogP contribution >= 0.6 is 0 Å². The van der Waals surface area contributed by atoms with E-state index >= 15 is 0 Å². The molecule has 1 aromatic carbocycles. The highest BCUT2D eigenvalue weighted by Crippen LogP contribution is 2.39. The summed E-state index contributed by atoms with van der Waals surface area (Å²) in [4.78, 5) is 28.4. The molecule has 1 aromatic heterocycles. The number of hydrogen-bond donors (Lipinski definition) is 3. The molecule has 31 heavy (non-hydrogen) atoms. The fraction of sp³-hybridized carbons (Fsp3) is 0.409. The quantitative estimate of drug-likeness (QED) is 0.594. The number of carbonyl (C=O) groups is 2. The van der Waals surface area contributed by atoms with E-state index in [1.807, 2.05) is 20.8 Å². The zero-order valence-corrected chi connectivity index (χ0v) is 18.7. The normalized spacial score (nSPS) is 11.8. The van der Waals surface area contributed by atoms with Crippen LogP contribution < -0.4 is 30.2 Å². The maximum atomic E-state index is 12.1. The summed E-state index contributed by atoms with van der Waals surface area (Å²) in [7, 11) is 3.09. The number of nitrogens with zero attached hydrogens (tertiary/aromatic N) is 1. The van der Waals surface area contributed by atoms with Gasteiger partial charge in [-0.2, -0.15) is 0 Å². The third-order valence-corrected chi connectivity index (χ3v) is 4.08. The van der Waals surface area contributed by atoms with E-state index in [1.165, 1.54) is 0 Å². The van der Waals surface area contributed by atoms with Gasteiger partial charge in [0.1, 0.15) is 6.04 Å². The average molecular weight is 431 g/mol. The maximum Gasteiger partial charge on any atom is 0.315 e. The van der Waals surface area contributed by atoms with Crippen molar-refractivity contribution in [2.45, 2.75) is 45.8 Å². The van der Waals surface area contributed by atoms with Crippen molar-refractivity contribution in [2.75, 3.05) is 14.2 Å². The average Bonchev–Trinajstić information content (AvgIpc) is 2.72. The number of rotatable bonds is 8. The van der Waals surface area contributed by atoms with E-state index in [4.69, 9.17) is 14.2 Å². The van der Waals surface area contributed by atoms with Crippen LogP contribution in [0.4, 0.5) is 4.79 Å². The molecule has 1 heterocycles.